The van der Waals surface area contributed by atoms with Crippen molar-refractivity contribution in [1.29, 1.82) is 0 Å². The Hall–Kier alpha value is -0.260. The molecule has 0 radical (unpaired) electrons. The second-order valence-electron chi connectivity index (χ2n) is 7.46. The number of allylic oxidation sites excluding steroid dienone is 2. The van der Waals surface area contributed by atoms with Crippen molar-refractivity contribution in [3.8, 4) is 0 Å². The summed E-state index contributed by atoms with van der Waals surface area (Å²) in [4.78, 5) is 0. The highest BCUT2D eigenvalue weighted by molar-refractivity contribution is 5.02. The van der Waals surface area contributed by atoms with E-state index < -0.39 is 0 Å². The van der Waals surface area contributed by atoms with Crippen LogP contribution in [0.1, 0.15) is 60.8 Å². The Morgan fingerprint density at radius 2 is 1.53 bits per heavy atom. The van der Waals surface area contributed by atoms with Crippen molar-refractivity contribution in [2.75, 3.05) is 0 Å². The van der Waals surface area contributed by atoms with E-state index in [-0.39, 0.29) is 0 Å². The van der Waals surface area contributed by atoms with Crippen molar-refractivity contribution in [3.63, 3.8) is 0 Å². The monoisotopic (exact) mass is 208 g/mol. The van der Waals surface area contributed by atoms with Crippen molar-refractivity contribution >= 4 is 0 Å². The molecule has 0 amide bonds. The van der Waals surface area contributed by atoms with Crippen LogP contribution in [0.15, 0.2) is 12.2 Å². The molecule has 0 bridgehead atoms. The van der Waals surface area contributed by atoms with Crippen LogP contribution >= 0.6 is 0 Å². The van der Waals surface area contributed by atoms with Crippen molar-refractivity contribution < 1.29 is 0 Å². The summed E-state index contributed by atoms with van der Waals surface area (Å²) in [6, 6.07) is 0. The fourth-order valence-electron chi connectivity index (χ4n) is 2.56. The lowest BCUT2D eigenvalue weighted by molar-refractivity contribution is 0.231. The molecule has 2 atom stereocenters. The summed E-state index contributed by atoms with van der Waals surface area (Å²) < 4.78 is 0. The zero-order valence-electron chi connectivity index (χ0n) is 11.4. The molecule has 0 aromatic heterocycles. The first-order chi connectivity index (χ1) is 6.68. The minimum absolute atomic E-state index is 0.448. The lowest BCUT2D eigenvalue weighted by atomic mass is 9.71. The second-order valence-corrected chi connectivity index (χ2v) is 7.46. The lowest BCUT2D eigenvalue weighted by Crippen LogP contribution is -2.23. The summed E-state index contributed by atoms with van der Waals surface area (Å²) in [6.07, 6.45) is 9.04. The molecule has 0 saturated heterocycles. The molecule has 0 aromatic carbocycles. The van der Waals surface area contributed by atoms with Gasteiger partial charge >= 0.3 is 0 Å². The van der Waals surface area contributed by atoms with Gasteiger partial charge in [0.15, 0.2) is 0 Å². The molecule has 2 unspecified atom stereocenters. The third kappa shape index (κ3) is 4.40. The van der Waals surface area contributed by atoms with Crippen LogP contribution in [0, 0.1) is 22.7 Å². The van der Waals surface area contributed by atoms with Gasteiger partial charge in [-0.05, 0) is 41.9 Å². The summed E-state index contributed by atoms with van der Waals surface area (Å²) in [5.74, 6) is 1.61. The highest BCUT2D eigenvalue weighted by Gasteiger charge is 2.27. The Bertz CT molecular complexity index is 221. The predicted octanol–water partition coefficient (Wildman–Crippen LogP) is 5.05. The first-order valence-corrected chi connectivity index (χ1v) is 6.37. The van der Waals surface area contributed by atoms with Crippen molar-refractivity contribution in [1.82, 2.24) is 0 Å². The standard InChI is InChI=1S/C15H28/c1-14(2,3)11-12-7-9-13(10-8-12)15(4,5)6/h7,9,12-13H,8,10-11H2,1-6H3. The van der Waals surface area contributed by atoms with E-state index >= 15 is 0 Å². The molecule has 1 aliphatic carbocycles. The smallest absolute Gasteiger partial charge is 0.0184 e. The van der Waals surface area contributed by atoms with Crippen LogP contribution < -0.4 is 0 Å². The molecular weight excluding hydrogens is 180 g/mol. The third-order valence-corrected chi connectivity index (χ3v) is 3.45. The Balaban J connectivity index is 2.52. The molecule has 0 aliphatic heterocycles. The van der Waals surface area contributed by atoms with Gasteiger partial charge in [0.25, 0.3) is 0 Å². The third-order valence-electron chi connectivity index (χ3n) is 3.45. The molecular formula is C15H28. The molecule has 0 N–H and O–H groups in total. The topological polar surface area (TPSA) is 0 Å². The molecule has 0 aromatic rings. The fraction of sp³-hybridized carbons (Fsp3) is 0.867. The maximum atomic E-state index is 2.48. The minimum atomic E-state index is 0.448. The number of hydrogen-bond acceptors (Lipinski definition) is 0. The van der Waals surface area contributed by atoms with E-state index in [1.165, 1.54) is 19.3 Å². The van der Waals surface area contributed by atoms with Crippen LogP contribution in [-0.4, -0.2) is 0 Å². The molecule has 15 heavy (non-hydrogen) atoms. The molecule has 0 fully saturated rings. The molecule has 88 valence electrons. The quantitative estimate of drug-likeness (QED) is 0.529. The molecule has 0 saturated carbocycles. The van der Waals surface area contributed by atoms with E-state index in [2.05, 4.69) is 53.7 Å². The van der Waals surface area contributed by atoms with E-state index in [1.54, 1.807) is 0 Å². The average molecular weight is 208 g/mol. The summed E-state index contributed by atoms with van der Waals surface area (Å²) in [7, 11) is 0. The predicted molar refractivity (Wildman–Crippen MR) is 68.9 cm³/mol. The van der Waals surface area contributed by atoms with Gasteiger partial charge in [-0.15, -0.1) is 0 Å². The minimum Gasteiger partial charge on any atom is -0.0851 e. The summed E-state index contributed by atoms with van der Waals surface area (Å²) >= 11 is 0. The summed E-state index contributed by atoms with van der Waals surface area (Å²) in [5.41, 5.74) is 0.923. The first-order valence-electron chi connectivity index (χ1n) is 6.37. The summed E-state index contributed by atoms with van der Waals surface area (Å²) in [6.45, 7) is 14.1. The normalized spacial score (nSPS) is 28.1. The van der Waals surface area contributed by atoms with Crippen LogP contribution in [0.3, 0.4) is 0 Å². The molecule has 0 heteroatoms. The largest absolute Gasteiger partial charge is 0.0851 e. The van der Waals surface area contributed by atoms with Gasteiger partial charge in [0.1, 0.15) is 0 Å². The van der Waals surface area contributed by atoms with Crippen LogP contribution in [0.4, 0.5) is 0 Å². The van der Waals surface area contributed by atoms with E-state index in [4.69, 9.17) is 0 Å². The van der Waals surface area contributed by atoms with Crippen LogP contribution in [-0.2, 0) is 0 Å². The molecule has 1 aliphatic rings. The molecule has 0 heterocycles. The zero-order chi connectivity index (χ0) is 11.7. The zero-order valence-corrected chi connectivity index (χ0v) is 11.4. The van der Waals surface area contributed by atoms with Crippen molar-refractivity contribution in [2.45, 2.75) is 60.8 Å². The van der Waals surface area contributed by atoms with Gasteiger partial charge in [0.2, 0.25) is 0 Å². The Kier molecular flexibility index (Phi) is 3.68. The van der Waals surface area contributed by atoms with Crippen LogP contribution in [0.5, 0.6) is 0 Å². The van der Waals surface area contributed by atoms with Gasteiger partial charge in [0.05, 0.1) is 0 Å². The van der Waals surface area contributed by atoms with E-state index in [0.29, 0.717) is 10.8 Å². The summed E-state index contributed by atoms with van der Waals surface area (Å²) in [5, 5.41) is 0. The van der Waals surface area contributed by atoms with E-state index in [9.17, 15) is 0 Å². The Labute approximate surface area is 96.2 Å². The van der Waals surface area contributed by atoms with Gasteiger partial charge in [-0.25, -0.2) is 0 Å². The van der Waals surface area contributed by atoms with Crippen LogP contribution in [0.2, 0.25) is 0 Å². The van der Waals surface area contributed by atoms with E-state index in [0.717, 1.165) is 11.8 Å². The maximum absolute atomic E-state index is 2.48. The van der Waals surface area contributed by atoms with Gasteiger partial charge in [0, 0.05) is 0 Å². The van der Waals surface area contributed by atoms with Crippen molar-refractivity contribution in [2.24, 2.45) is 22.7 Å². The Morgan fingerprint density at radius 3 is 1.87 bits per heavy atom. The van der Waals surface area contributed by atoms with Gasteiger partial charge in [-0.1, -0.05) is 53.7 Å². The Morgan fingerprint density at radius 1 is 0.933 bits per heavy atom. The second kappa shape index (κ2) is 4.31. The highest BCUT2D eigenvalue weighted by Crippen LogP contribution is 2.38. The maximum Gasteiger partial charge on any atom is -0.0184 e. The average Bonchev–Trinajstić information content (AvgIpc) is 2.00. The SMILES string of the molecule is CC(C)(C)CC1C=CC(C(C)(C)C)CC1. The van der Waals surface area contributed by atoms with Crippen LogP contribution in [0.25, 0.3) is 0 Å². The van der Waals surface area contributed by atoms with Gasteiger partial charge < -0.3 is 0 Å². The number of rotatable bonds is 1. The molecule has 1 rings (SSSR count). The first kappa shape index (κ1) is 12.8. The molecule has 0 nitrogen and oxygen atoms in total. The van der Waals surface area contributed by atoms with E-state index in [1.807, 2.05) is 0 Å². The fourth-order valence-corrected chi connectivity index (χ4v) is 2.56. The highest BCUT2D eigenvalue weighted by atomic mass is 14.3. The lowest BCUT2D eigenvalue weighted by Gasteiger charge is -2.34. The van der Waals surface area contributed by atoms with Gasteiger partial charge in [-0.2, -0.15) is 0 Å². The molecule has 0 spiro atoms. The number of hydrogen-bond donors (Lipinski definition) is 0. The van der Waals surface area contributed by atoms with Gasteiger partial charge in [-0.3, -0.25) is 0 Å². The van der Waals surface area contributed by atoms with Crippen molar-refractivity contribution in [3.05, 3.63) is 12.2 Å².